The summed E-state index contributed by atoms with van der Waals surface area (Å²) in [5.41, 5.74) is 10.2. The van der Waals surface area contributed by atoms with Gasteiger partial charge in [-0.2, -0.15) is 0 Å². The predicted octanol–water partition coefficient (Wildman–Crippen LogP) is 13.9. The van der Waals surface area contributed by atoms with Gasteiger partial charge >= 0.3 is 0 Å². The summed E-state index contributed by atoms with van der Waals surface area (Å²) in [7, 11) is 0. The molecule has 0 radical (unpaired) electrons. The molecule has 0 N–H and O–H groups in total. The van der Waals surface area contributed by atoms with Crippen LogP contribution in [0.2, 0.25) is 0 Å². The number of thiophene rings is 1. The summed E-state index contributed by atoms with van der Waals surface area (Å²) in [4.78, 5) is 21.0. The highest BCUT2D eigenvalue weighted by Gasteiger charge is 2.20. The summed E-state index contributed by atoms with van der Waals surface area (Å²) >= 11 is 1.84. The van der Waals surface area contributed by atoms with Crippen LogP contribution in [0.3, 0.4) is 0 Å². The lowest BCUT2D eigenvalue weighted by molar-refractivity contribution is 1.07. The Bertz CT molecular complexity index is 3270. The summed E-state index contributed by atoms with van der Waals surface area (Å²) in [6, 6.07) is 67.9. The number of hydrogen-bond donors (Lipinski definition) is 0. The quantitative estimate of drug-likeness (QED) is 0.159. The predicted molar refractivity (Wildman–Crippen MR) is 238 cm³/mol. The van der Waals surface area contributed by atoms with E-state index in [1.165, 1.54) is 25.7 Å². The Morgan fingerprint density at radius 2 is 0.789 bits per heavy atom. The van der Waals surface area contributed by atoms with Crippen molar-refractivity contribution in [2.45, 2.75) is 0 Å². The molecule has 0 fully saturated rings. The molecule has 0 unspecified atom stereocenters. The van der Waals surface area contributed by atoms with Gasteiger partial charge in [0.1, 0.15) is 0 Å². The van der Waals surface area contributed by atoms with E-state index in [2.05, 4.69) is 158 Å². The second kappa shape index (κ2) is 13.7. The fourth-order valence-corrected chi connectivity index (χ4v) is 9.29. The van der Waals surface area contributed by atoms with Crippen LogP contribution < -0.4 is 0 Å². The van der Waals surface area contributed by atoms with Gasteiger partial charge in [0.2, 0.25) is 0 Å². The number of fused-ring (bicyclic) bond motifs is 6. The smallest absolute Gasteiger partial charge is 0.166 e. The van der Waals surface area contributed by atoms with Crippen molar-refractivity contribution in [2.75, 3.05) is 0 Å². The third-order valence-electron chi connectivity index (χ3n) is 10.7. The molecule has 11 rings (SSSR count). The molecule has 266 valence electrons. The highest BCUT2D eigenvalue weighted by Crippen LogP contribution is 2.42. The zero-order valence-corrected chi connectivity index (χ0v) is 31.5. The molecule has 3 heterocycles. The van der Waals surface area contributed by atoms with Crippen LogP contribution in [0.1, 0.15) is 0 Å². The van der Waals surface area contributed by atoms with E-state index in [-0.39, 0.29) is 0 Å². The normalized spacial score (nSPS) is 11.5. The lowest BCUT2D eigenvalue weighted by Crippen LogP contribution is -2.01. The fourth-order valence-electron chi connectivity index (χ4n) is 8.05. The maximum atomic E-state index is 5.48. The van der Waals surface area contributed by atoms with Gasteiger partial charge < -0.3 is 0 Å². The van der Waals surface area contributed by atoms with Crippen LogP contribution in [0, 0.1) is 0 Å². The maximum absolute atomic E-state index is 5.48. The molecule has 0 saturated carbocycles. The Balaban J connectivity index is 1.12. The molecule has 0 bridgehead atoms. The Labute approximate surface area is 333 Å². The van der Waals surface area contributed by atoms with Gasteiger partial charge in [-0.3, -0.25) is 0 Å². The summed E-state index contributed by atoms with van der Waals surface area (Å²) in [6.07, 6.45) is 0. The SMILES string of the molecule is c1ccc(-c2nc(-c3ccc(-c4cccc5c4sc4ccccc45)cc3)nc(-c3cccc4c3nc(-c3ccccc3)c3cccc(-c5ccccc5)c34)n2)cc1. The Hall–Kier alpha value is -7.34. The van der Waals surface area contributed by atoms with E-state index < -0.39 is 0 Å². The van der Waals surface area contributed by atoms with Gasteiger partial charge in [-0.05, 0) is 34.4 Å². The van der Waals surface area contributed by atoms with Crippen LogP contribution in [0.4, 0.5) is 0 Å². The van der Waals surface area contributed by atoms with E-state index in [4.69, 9.17) is 19.9 Å². The number of pyridine rings is 1. The first kappa shape index (κ1) is 33.0. The van der Waals surface area contributed by atoms with Crippen molar-refractivity contribution in [3.8, 4) is 67.7 Å². The van der Waals surface area contributed by atoms with Crippen LogP contribution in [0.25, 0.3) is 110 Å². The summed E-state index contributed by atoms with van der Waals surface area (Å²) in [6.45, 7) is 0. The summed E-state index contributed by atoms with van der Waals surface area (Å²) in [5, 5.41) is 5.88. The maximum Gasteiger partial charge on any atom is 0.166 e. The third-order valence-corrected chi connectivity index (χ3v) is 12.0. The first-order chi connectivity index (χ1) is 28.3. The van der Waals surface area contributed by atoms with Crippen molar-refractivity contribution < 1.29 is 0 Å². The van der Waals surface area contributed by atoms with Crippen molar-refractivity contribution in [3.63, 3.8) is 0 Å². The number of para-hydroxylation sites is 1. The third kappa shape index (κ3) is 5.76. The van der Waals surface area contributed by atoms with Crippen molar-refractivity contribution in [1.29, 1.82) is 0 Å². The molecule has 0 spiro atoms. The second-order valence-corrected chi connectivity index (χ2v) is 15.2. The average molecular weight is 745 g/mol. The molecule has 0 saturated heterocycles. The fraction of sp³-hybridized carbons (Fsp3) is 0. The van der Waals surface area contributed by atoms with Crippen LogP contribution in [-0.4, -0.2) is 19.9 Å². The number of rotatable bonds is 6. The van der Waals surface area contributed by atoms with Gasteiger partial charge in [-0.15, -0.1) is 11.3 Å². The molecule has 8 aromatic carbocycles. The largest absolute Gasteiger partial charge is 0.246 e. The van der Waals surface area contributed by atoms with E-state index in [1.807, 2.05) is 47.7 Å². The van der Waals surface area contributed by atoms with E-state index in [9.17, 15) is 0 Å². The van der Waals surface area contributed by atoms with Crippen LogP contribution in [0.5, 0.6) is 0 Å². The Morgan fingerprint density at radius 3 is 1.51 bits per heavy atom. The van der Waals surface area contributed by atoms with Crippen LogP contribution >= 0.6 is 11.3 Å². The molecular weight excluding hydrogens is 713 g/mol. The van der Waals surface area contributed by atoms with Gasteiger partial charge in [-0.1, -0.05) is 182 Å². The lowest BCUT2D eigenvalue weighted by atomic mass is 9.92. The molecule has 5 heteroatoms. The summed E-state index contributed by atoms with van der Waals surface area (Å²) < 4.78 is 2.59. The molecule has 57 heavy (non-hydrogen) atoms. The molecular formula is C52H32N4S. The van der Waals surface area contributed by atoms with Gasteiger partial charge in [-0.25, -0.2) is 19.9 Å². The molecule has 0 aliphatic heterocycles. The number of aromatic nitrogens is 4. The average Bonchev–Trinajstić information content (AvgIpc) is 3.68. The van der Waals surface area contributed by atoms with Crippen molar-refractivity contribution in [1.82, 2.24) is 19.9 Å². The molecule has 3 aromatic heterocycles. The molecule has 0 aliphatic carbocycles. The molecule has 4 nitrogen and oxygen atoms in total. The number of nitrogens with zero attached hydrogens (tertiary/aromatic N) is 4. The van der Waals surface area contributed by atoms with E-state index in [0.717, 1.165) is 66.3 Å². The minimum Gasteiger partial charge on any atom is -0.246 e. The minimum absolute atomic E-state index is 0.576. The van der Waals surface area contributed by atoms with Crippen molar-refractivity contribution >= 4 is 53.2 Å². The van der Waals surface area contributed by atoms with Crippen molar-refractivity contribution in [2.24, 2.45) is 0 Å². The van der Waals surface area contributed by atoms with Gasteiger partial charge in [0.15, 0.2) is 17.5 Å². The zero-order chi connectivity index (χ0) is 37.7. The lowest BCUT2D eigenvalue weighted by Gasteiger charge is -2.16. The first-order valence-corrected chi connectivity index (χ1v) is 19.9. The van der Waals surface area contributed by atoms with E-state index in [1.54, 1.807) is 0 Å². The van der Waals surface area contributed by atoms with E-state index >= 15 is 0 Å². The van der Waals surface area contributed by atoms with E-state index in [0.29, 0.717) is 17.5 Å². The zero-order valence-electron chi connectivity index (χ0n) is 30.7. The van der Waals surface area contributed by atoms with Gasteiger partial charge in [0, 0.05) is 58.6 Å². The highest BCUT2D eigenvalue weighted by molar-refractivity contribution is 7.26. The monoisotopic (exact) mass is 744 g/mol. The number of hydrogen-bond acceptors (Lipinski definition) is 5. The van der Waals surface area contributed by atoms with Gasteiger partial charge in [0.25, 0.3) is 0 Å². The van der Waals surface area contributed by atoms with Crippen LogP contribution in [-0.2, 0) is 0 Å². The molecule has 0 aliphatic rings. The van der Waals surface area contributed by atoms with Gasteiger partial charge in [0.05, 0.1) is 11.2 Å². The molecule has 0 amide bonds. The summed E-state index contributed by atoms with van der Waals surface area (Å²) in [5.74, 6) is 1.80. The van der Waals surface area contributed by atoms with Crippen molar-refractivity contribution in [3.05, 3.63) is 194 Å². The van der Waals surface area contributed by atoms with Crippen LogP contribution in [0.15, 0.2) is 194 Å². The standard InChI is InChI=1S/C52H32N4S/c1-4-15-33(16-5-1)38-22-12-25-42-46(38)43-26-14-27-44(48(43)53-47(42)35-17-6-2-7-18-35)52-55-50(36-19-8-3-9-20-36)54-51(56-52)37-31-29-34(30-32-37)39-23-13-24-41-40-21-10-11-28-45(40)57-49(39)41/h1-32H. The molecule has 0 atom stereocenters. The Kier molecular flexibility index (Phi) is 7.97. The second-order valence-electron chi connectivity index (χ2n) is 14.2. The topological polar surface area (TPSA) is 51.6 Å². The highest BCUT2D eigenvalue weighted by atomic mass is 32.1. The Morgan fingerprint density at radius 1 is 0.298 bits per heavy atom. The molecule has 11 aromatic rings. The first-order valence-electron chi connectivity index (χ1n) is 19.1. The minimum atomic E-state index is 0.576. The number of benzene rings is 8.